The van der Waals surface area contributed by atoms with Crippen molar-refractivity contribution >= 4 is 55.1 Å². The third-order valence-corrected chi connectivity index (χ3v) is 0. The van der Waals surface area contributed by atoms with Crippen molar-refractivity contribution in [2.24, 2.45) is 0 Å². The molecular weight excluding hydrogens is 186 g/mol. The van der Waals surface area contributed by atoms with E-state index in [4.69, 9.17) is 0 Å². The Kier molecular flexibility index (Phi) is 246. The summed E-state index contributed by atoms with van der Waals surface area (Å²) in [6.07, 6.45) is 0. The smallest absolute Gasteiger partial charge is 0 e. The molecule has 0 heterocycles. The number of hydrogen-bond donors (Lipinski definition) is 0. The molecule has 0 aromatic heterocycles. The van der Waals surface area contributed by atoms with E-state index in [0.29, 0.717) is 0 Å². The second-order valence-electron chi connectivity index (χ2n) is 0. The molecule has 12 radical (unpaired) electrons. The Labute approximate surface area is 61.0 Å². The molecule has 0 saturated heterocycles. The van der Waals surface area contributed by atoms with Crippen LogP contribution in [0.5, 0.6) is 0 Å². The van der Waals surface area contributed by atoms with Crippen LogP contribution in [-0.2, 0) is 0 Å². The summed E-state index contributed by atoms with van der Waals surface area (Å²) in [5.41, 5.74) is 0. The van der Waals surface area contributed by atoms with Gasteiger partial charge in [-0.15, -0.1) is 0 Å². The summed E-state index contributed by atoms with van der Waals surface area (Å²) in [5, 5.41) is 0. The minimum atomic E-state index is 0. The summed E-state index contributed by atoms with van der Waals surface area (Å²) in [7, 11) is 0. The molecule has 0 aliphatic rings. The summed E-state index contributed by atoms with van der Waals surface area (Å²) < 4.78 is 0. The van der Waals surface area contributed by atoms with Crippen LogP contribution < -0.4 is 6.15 Å². The van der Waals surface area contributed by atoms with Gasteiger partial charge in [-0.05, 0) is 0 Å². The molecule has 4 heteroatoms. The van der Waals surface area contributed by atoms with Gasteiger partial charge >= 0.3 is 0 Å². The van der Waals surface area contributed by atoms with E-state index in [1.54, 1.807) is 0 Å². The molecular formula is AlAsGaN. The Morgan fingerprint density at radius 3 is 1.00 bits per heavy atom. The Morgan fingerprint density at radius 1 is 1.00 bits per heavy atom. The molecule has 0 amide bonds. The Balaban J connectivity index is 0. The monoisotopic (exact) mass is 185 g/mol. The number of nitrogens with zero attached hydrogens (tertiary/aromatic N) is 1. The van der Waals surface area contributed by atoms with Crippen LogP contribution in [0.4, 0.5) is 0 Å². The molecule has 0 atom stereocenters. The molecule has 0 aromatic rings. The summed E-state index contributed by atoms with van der Waals surface area (Å²) in [5.74, 6) is 0. The largest absolute Gasteiger partial charge is 0 e. The third-order valence-electron chi connectivity index (χ3n) is 0. The number of rotatable bonds is 0. The van der Waals surface area contributed by atoms with Gasteiger partial charge < -0.3 is 0 Å². The zero-order chi connectivity index (χ0) is 0. The predicted molar refractivity (Wildman–Crippen MR) is 19.4 cm³/mol. The molecule has 0 unspecified atom stereocenters. The van der Waals surface area contributed by atoms with E-state index in [2.05, 4.69) is 0 Å². The van der Waals surface area contributed by atoms with Crippen LogP contribution in [-0.4, -0.2) is 55.1 Å². The molecule has 0 saturated carbocycles. The van der Waals surface area contributed by atoms with Gasteiger partial charge in [0.2, 0.25) is 0 Å². The Morgan fingerprint density at radius 2 is 1.00 bits per heavy atom. The maximum Gasteiger partial charge on any atom is 0 e. The van der Waals surface area contributed by atoms with Gasteiger partial charge in [-0.2, -0.15) is 0 Å². The number of hydrogen-bond acceptors (Lipinski definition) is 0. The van der Waals surface area contributed by atoms with Crippen molar-refractivity contribution < 1.29 is 0 Å². The van der Waals surface area contributed by atoms with Gasteiger partial charge in [0.1, 0.15) is 0 Å². The normalized spacial score (nSPS) is 0. The first kappa shape index (κ1) is 43.9. The van der Waals surface area contributed by atoms with E-state index in [-0.39, 0.29) is 61.3 Å². The minimum absolute atomic E-state index is 0. The minimum Gasteiger partial charge on any atom is 0 e. The first-order chi connectivity index (χ1) is 0. The average Bonchev–Trinajstić information content (AvgIpc) is 0. The average molecular weight is 186 g/mol. The van der Waals surface area contributed by atoms with Crippen molar-refractivity contribution in [3.05, 3.63) is 0 Å². The van der Waals surface area contributed by atoms with Crippen molar-refractivity contribution in [2.45, 2.75) is 0 Å². The summed E-state index contributed by atoms with van der Waals surface area (Å²) >= 11 is 0. The van der Waals surface area contributed by atoms with Crippen LogP contribution in [0.1, 0.15) is 0 Å². The van der Waals surface area contributed by atoms with Gasteiger partial charge in [0.05, 0.1) is 0 Å². The molecule has 16 valence electrons. The standard InChI is InChI=1S/Al.As.Ga.N. The predicted octanol–water partition coefficient (Wildman–Crippen LogP) is -1.62. The van der Waals surface area contributed by atoms with Crippen molar-refractivity contribution in [3.63, 3.8) is 0 Å². The molecule has 0 fully saturated rings. The van der Waals surface area contributed by atoms with Crippen molar-refractivity contribution in [1.82, 2.24) is 6.15 Å². The quantitative estimate of drug-likeness (QED) is 0.406. The molecule has 0 aliphatic heterocycles. The molecule has 0 N–H and O–H groups in total. The van der Waals surface area contributed by atoms with E-state index in [9.17, 15) is 0 Å². The fourth-order valence-corrected chi connectivity index (χ4v) is 0. The van der Waals surface area contributed by atoms with Gasteiger partial charge in [0.25, 0.3) is 0 Å². The maximum atomic E-state index is 0. The summed E-state index contributed by atoms with van der Waals surface area (Å²) in [6.45, 7) is 0. The fourth-order valence-electron chi connectivity index (χ4n) is 0. The van der Waals surface area contributed by atoms with E-state index in [0.717, 1.165) is 0 Å². The van der Waals surface area contributed by atoms with E-state index >= 15 is 0 Å². The molecule has 1 nitrogen and oxygen atoms in total. The van der Waals surface area contributed by atoms with Gasteiger partial charge in [-0.25, -0.2) is 0 Å². The van der Waals surface area contributed by atoms with Gasteiger partial charge in [0, 0.05) is 61.3 Å². The summed E-state index contributed by atoms with van der Waals surface area (Å²) in [6, 6.07) is 0. The molecule has 0 rings (SSSR count). The van der Waals surface area contributed by atoms with E-state index < -0.39 is 0 Å². The van der Waals surface area contributed by atoms with Crippen molar-refractivity contribution in [2.75, 3.05) is 0 Å². The molecule has 0 spiro atoms. The first-order valence-corrected chi connectivity index (χ1v) is 0. The zero-order valence-electron chi connectivity index (χ0n) is 2.05. The second kappa shape index (κ2) is 22.4. The molecule has 0 aliphatic carbocycles. The Bertz CT molecular complexity index is 8.00. The van der Waals surface area contributed by atoms with Gasteiger partial charge in [0.15, 0.2) is 0 Å². The molecule has 0 bridgehead atoms. The van der Waals surface area contributed by atoms with Crippen molar-refractivity contribution in [3.8, 4) is 0 Å². The van der Waals surface area contributed by atoms with Crippen LogP contribution in [0.2, 0.25) is 0 Å². The van der Waals surface area contributed by atoms with Crippen LogP contribution in [0, 0.1) is 0 Å². The third kappa shape index (κ3) is 9.35. The van der Waals surface area contributed by atoms with Crippen LogP contribution in [0.25, 0.3) is 0 Å². The second-order valence-corrected chi connectivity index (χ2v) is 0. The fraction of sp³-hybridized carbons (Fsp3) is 0. The summed E-state index contributed by atoms with van der Waals surface area (Å²) in [4.78, 5) is 0. The van der Waals surface area contributed by atoms with E-state index in [1.807, 2.05) is 0 Å². The molecule has 4 heavy (non-hydrogen) atoms. The van der Waals surface area contributed by atoms with Crippen LogP contribution in [0.3, 0.4) is 0 Å². The van der Waals surface area contributed by atoms with Crippen LogP contribution in [0.15, 0.2) is 0 Å². The first-order valence-electron chi connectivity index (χ1n) is 0. The maximum absolute atomic E-state index is 0. The Hall–Kier alpha value is 1.69. The van der Waals surface area contributed by atoms with Crippen molar-refractivity contribution in [1.29, 1.82) is 0 Å². The zero-order valence-corrected chi connectivity index (χ0v) is 7.50. The van der Waals surface area contributed by atoms with E-state index in [1.165, 1.54) is 0 Å². The van der Waals surface area contributed by atoms with Gasteiger partial charge in [-0.1, -0.05) is 0 Å². The topological polar surface area (TPSA) is 30.5 Å². The van der Waals surface area contributed by atoms with Crippen LogP contribution >= 0.6 is 0 Å². The molecule has 0 aromatic carbocycles. The van der Waals surface area contributed by atoms with Gasteiger partial charge in [-0.3, -0.25) is 0 Å². The SMILES string of the molecule is [Al].[As].[Ga].[N].